The third-order valence-electron chi connectivity index (χ3n) is 0.942. The molecule has 0 saturated heterocycles. The Kier molecular flexibility index (Phi) is 3.54. The van der Waals surface area contributed by atoms with Gasteiger partial charge in [0.05, 0.1) is 0 Å². The van der Waals surface area contributed by atoms with Crippen molar-refractivity contribution in [2.24, 2.45) is 5.92 Å². The standard InChI is InChI=1S/C7H11NO/c1-4-6(2)5-8-7(3)9/h1,6H,5H2,2-3H3,(H,8,9). The van der Waals surface area contributed by atoms with Crippen LogP contribution >= 0.6 is 0 Å². The Morgan fingerprint density at radius 2 is 2.44 bits per heavy atom. The molecule has 0 aliphatic carbocycles. The van der Waals surface area contributed by atoms with E-state index in [1.165, 1.54) is 6.92 Å². The lowest BCUT2D eigenvalue weighted by Crippen LogP contribution is -2.24. The van der Waals surface area contributed by atoms with Crippen molar-refractivity contribution in [3.8, 4) is 12.3 Å². The number of carbonyl (C=O) groups excluding carboxylic acids is 1. The zero-order valence-corrected chi connectivity index (χ0v) is 5.77. The number of rotatable bonds is 2. The minimum atomic E-state index is -0.0305. The van der Waals surface area contributed by atoms with Crippen LogP contribution in [0.15, 0.2) is 0 Å². The molecule has 0 fully saturated rings. The SMILES string of the molecule is C#CC(C)CNC(C)=O. The van der Waals surface area contributed by atoms with Gasteiger partial charge in [0.15, 0.2) is 0 Å². The van der Waals surface area contributed by atoms with Gasteiger partial charge in [0.2, 0.25) is 5.91 Å². The zero-order valence-electron chi connectivity index (χ0n) is 5.77. The van der Waals surface area contributed by atoms with Gasteiger partial charge in [-0.25, -0.2) is 0 Å². The van der Waals surface area contributed by atoms with Crippen LogP contribution in [0.5, 0.6) is 0 Å². The molecule has 2 heteroatoms. The average Bonchev–Trinajstić information content (AvgIpc) is 1.83. The van der Waals surface area contributed by atoms with Crippen molar-refractivity contribution in [1.82, 2.24) is 5.32 Å². The molecule has 0 spiro atoms. The molecule has 1 amide bonds. The summed E-state index contributed by atoms with van der Waals surface area (Å²) in [7, 11) is 0. The molecule has 2 nitrogen and oxygen atoms in total. The predicted octanol–water partition coefficient (Wildman–Crippen LogP) is 0.392. The number of nitrogens with one attached hydrogen (secondary N) is 1. The van der Waals surface area contributed by atoms with E-state index in [0.717, 1.165) is 0 Å². The van der Waals surface area contributed by atoms with E-state index < -0.39 is 0 Å². The lowest BCUT2D eigenvalue weighted by molar-refractivity contribution is -0.119. The quantitative estimate of drug-likeness (QED) is 0.531. The maximum absolute atomic E-state index is 10.3. The summed E-state index contributed by atoms with van der Waals surface area (Å²) in [5.74, 6) is 2.61. The van der Waals surface area contributed by atoms with E-state index in [9.17, 15) is 4.79 Å². The van der Waals surface area contributed by atoms with Crippen LogP contribution in [0.3, 0.4) is 0 Å². The number of amides is 1. The molecular weight excluding hydrogens is 114 g/mol. The minimum Gasteiger partial charge on any atom is -0.355 e. The minimum absolute atomic E-state index is 0.0305. The third kappa shape index (κ3) is 4.89. The molecule has 0 aromatic carbocycles. The third-order valence-corrected chi connectivity index (χ3v) is 0.942. The fraction of sp³-hybridized carbons (Fsp3) is 0.571. The summed E-state index contributed by atoms with van der Waals surface area (Å²) in [4.78, 5) is 10.3. The molecule has 0 aliphatic heterocycles. The van der Waals surface area contributed by atoms with E-state index in [1.807, 2.05) is 6.92 Å². The van der Waals surface area contributed by atoms with Gasteiger partial charge >= 0.3 is 0 Å². The molecule has 0 aliphatic rings. The Morgan fingerprint density at radius 1 is 1.89 bits per heavy atom. The van der Waals surface area contributed by atoms with E-state index in [-0.39, 0.29) is 11.8 Å². The van der Waals surface area contributed by atoms with Crippen molar-refractivity contribution >= 4 is 5.91 Å². The lowest BCUT2D eigenvalue weighted by Gasteiger charge is -2.02. The maximum Gasteiger partial charge on any atom is 0.216 e. The molecule has 50 valence electrons. The first-order chi connectivity index (χ1) is 4.16. The number of hydrogen-bond acceptors (Lipinski definition) is 1. The number of carbonyl (C=O) groups is 1. The summed E-state index contributed by atoms with van der Waals surface area (Å²) in [6.07, 6.45) is 5.06. The second-order valence-electron chi connectivity index (χ2n) is 2.00. The lowest BCUT2D eigenvalue weighted by atomic mass is 10.2. The Morgan fingerprint density at radius 3 is 2.78 bits per heavy atom. The van der Waals surface area contributed by atoms with E-state index in [2.05, 4.69) is 11.2 Å². The summed E-state index contributed by atoms with van der Waals surface area (Å²) in [5, 5.41) is 2.61. The van der Waals surface area contributed by atoms with Crippen molar-refractivity contribution in [1.29, 1.82) is 0 Å². The van der Waals surface area contributed by atoms with E-state index >= 15 is 0 Å². The Hall–Kier alpha value is -0.970. The summed E-state index contributed by atoms with van der Waals surface area (Å²) in [6.45, 7) is 3.94. The van der Waals surface area contributed by atoms with Gasteiger partial charge in [-0.05, 0) is 6.92 Å². The molecule has 0 aromatic heterocycles. The molecule has 1 N–H and O–H groups in total. The molecule has 0 rings (SSSR count). The molecule has 0 aromatic rings. The summed E-state index contributed by atoms with van der Waals surface area (Å²) >= 11 is 0. The van der Waals surface area contributed by atoms with Crippen molar-refractivity contribution in [3.05, 3.63) is 0 Å². The van der Waals surface area contributed by atoms with E-state index in [0.29, 0.717) is 6.54 Å². The summed E-state index contributed by atoms with van der Waals surface area (Å²) < 4.78 is 0. The average molecular weight is 125 g/mol. The normalized spacial score (nSPS) is 11.7. The van der Waals surface area contributed by atoms with Crippen LogP contribution in [0, 0.1) is 18.3 Å². The van der Waals surface area contributed by atoms with E-state index in [4.69, 9.17) is 6.42 Å². The van der Waals surface area contributed by atoms with Crippen molar-refractivity contribution in [2.75, 3.05) is 6.54 Å². The predicted molar refractivity (Wildman–Crippen MR) is 36.7 cm³/mol. The second kappa shape index (κ2) is 3.96. The van der Waals surface area contributed by atoms with Crippen molar-refractivity contribution in [3.63, 3.8) is 0 Å². The van der Waals surface area contributed by atoms with Crippen molar-refractivity contribution < 1.29 is 4.79 Å². The number of hydrogen-bond donors (Lipinski definition) is 1. The topological polar surface area (TPSA) is 29.1 Å². The molecule has 0 saturated carbocycles. The Bertz CT molecular complexity index is 134. The molecular formula is C7H11NO. The van der Waals surface area contributed by atoms with Crippen LogP contribution in [0.4, 0.5) is 0 Å². The molecule has 0 heterocycles. The summed E-state index contributed by atoms with van der Waals surface area (Å²) in [5.41, 5.74) is 0. The van der Waals surface area contributed by atoms with Gasteiger partial charge in [0.1, 0.15) is 0 Å². The first kappa shape index (κ1) is 8.03. The monoisotopic (exact) mass is 125 g/mol. The first-order valence-corrected chi connectivity index (χ1v) is 2.87. The zero-order chi connectivity index (χ0) is 7.28. The van der Waals surface area contributed by atoms with Crippen LogP contribution in [0.1, 0.15) is 13.8 Å². The van der Waals surface area contributed by atoms with Crippen molar-refractivity contribution in [2.45, 2.75) is 13.8 Å². The van der Waals surface area contributed by atoms with Crippen LogP contribution in [-0.4, -0.2) is 12.5 Å². The Labute approximate surface area is 55.6 Å². The van der Waals surface area contributed by atoms with Gasteiger partial charge in [-0.15, -0.1) is 12.3 Å². The van der Waals surface area contributed by atoms with Gasteiger partial charge in [-0.3, -0.25) is 4.79 Å². The van der Waals surface area contributed by atoms with Gasteiger partial charge < -0.3 is 5.32 Å². The molecule has 0 bridgehead atoms. The Balaban J connectivity index is 3.30. The molecule has 1 atom stereocenters. The second-order valence-corrected chi connectivity index (χ2v) is 2.00. The highest BCUT2D eigenvalue weighted by Gasteiger charge is 1.95. The van der Waals surface area contributed by atoms with Crippen LogP contribution < -0.4 is 5.32 Å². The van der Waals surface area contributed by atoms with Crippen LogP contribution in [-0.2, 0) is 4.79 Å². The van der Waals surface area contributed by atoms with Gasteiger partial charge in [0, 0.05) is 19.4 Å². The van der Waals surface area contributed by atoms with Gasteiger partial charge in [-0.2, -0.15) is 0 Å². The van der Waals surface area contributed by atoms with Gasteiger partial charge in [-0.1, -0.05) is 0 Å². The molecule has 0 radical (unpaired) electrons. The smallest absolute Gasteiger partial charge is 0.216 e. The highest BCUT2D eigenvalue weighted by molar-refractivity contribution is 5.72. The largest absolute Gasteiger partial charge is 0.355 e. The first-order valence-electron chi connectivity index (χ1n) is 2.87. The highest BCUT2D eigenvalue weighted by Crippen LogP contribution is 1.86. The molecule has 9 heavy (non-hydrogen) atoms. The highest BCUT2D eigenvalue weighted by atomic mass is 16.1. The van der Waals surface area contributed by atoms with Crippen LogP contribution in [0.2, 0.25) is 0 Å². The fourth-order valence-electron chi connectivity index (χ4n) is 0.356. The van der Waals surface area contributed by atoms with Crippen LogP contribution in [0.25, 0.3) is 0 Å². The van der Waals surface area contributed by atoms with E-state index in [1.54, 1.807) is 0 Å². The molecule has 1 unspecified atom stereocenters. The van der Waals surface area contributed by atoms with Gasteiger partial charge in [0.25, 0.3) is 0 Å². The summed E-state index contributed by atoms with van der Waals surface area (Å²) in [6, 6.07) is 0. The fourth-order valence-corrected chi connectivity index (χ4v) is 0.356. The number of terminal acetylenes is 1. The maximum atomic E-state index is 10.3.